The van der Waals surface area contributed by atoms with Gasteiger partial charge in [-0.25, -0.2) is 9.69 Å². The van der Waals surface area contributed by atoms with Crippen molar-refractivity contribution in [3.8, 4) is 0 Å². The summed E-state index contributed by atoms with van der Waals surface area (Å²) < 4.78 is 4.71. The second-order valence-electron chi connectivity index (χ2n) is 6.62. The van der Waals surface area contributed by atoms with Gasteiger partial charge >= 0.3 is 5.97 Å². The van der Waals surface area contributed by atoms with Gasteiger partial charge in [0.25, 0.3) is 11.8 Å². The molecule has 0 aliphatic carbocycles. The molecule has 0 saturated carbocycles. The highest BCUT2D eigenvalue weighted by Gasteiger charge is 2.55. The number of benzene rings is 2. The molecule has 2 atom stereocenters. The van der Waals surface area contributed by atoms with Crippen LogP contribution in [0.3, 0.4) is 0 Å². The standard InChI is InChI=1S/C20H17N5O5/c1-30-20(29)13-9-5-6-10-14(13)21-15(26)11-24-17-16(22-23-24)18(27)25(19(17)28)12-7-3-2-4-8-12/h2-10,16-17H,11H2,1H3,(H,21,26)/t16-,17-/m1/s1. The van der Waals surface area contributed by atoms with Gasteiger partial charge in [-0.05, 0) is 24.3 Å². The van der Waals surface area contributed by atoms with Crippen molar-refractivity contribution in [2.75, 3.05) is 23.9 Å². The molecule has 4 rings (SSSR count). The Morgan fingerprint density at radius 2 is 1.73 bits per heavy atom. The molecule has 0 aromatic heterocycles. The number of rotatable bonds is 5. The van der Waals surface area contributed by atoms with E-state index in [-0.39, 0.29) is 17.8 Å². The lowest BCUT2D eigenvalue weighted by atomic mass is 10.1. The van der Waals surface area contributed by atoms with Crippen LogP contribution in [0.15, 0.2) is 64.9 Å². The highest BCUT2D eigenvalue weighted by molar-refractivity contribution is 6.25. The zero-order valence-electron chi connectivity index (χ0n) is 15.9. The SMILES string of the molecule is COC(=O)c1ccccc1NC(=O)CN1N=N[C@H]2C(=O)N(c3ccccc3)C(=O)[C@@H]21. The third kappa shape index (κ3) is 3.28. The van der Waals surface area contributed by atoms with Crippen molar-refractivity contribution in [3.63, 3.8) is 0 Å². The smallest absolute Gasteiger partial charge is 0.339 e. The number of hydrogen-bond donors (Lipinski definition) is 1. The van der Waals surface area contributed by atoms with E-state index in [4.69, 9.17) is 4.74 Å². The van der Waals surface area contributed by atoms with Crippen molar-refractivity contribution in [2.24, 2.45) is 10.3 Å². The summed E-state index contributed by atoms with van der Waals surface area (Å²) in [5, 5.41) is 11.5. The molecule has 0 unspecified atom stereocenters. The normalized spacial score (nSPS) is 19.8. The Morgan fingerprint density at radius 3 is 2.47 bits per heavy atom. The molecule has 0 bridgehead atoms. The number of ether oxygens (including phenoxy) is 1. The molecule has 1 fully saturated rings. The molecule has 0 radical (unpaired) electrons. The van der Waals surface area contributed by atoms with Gasteiger partial charge in [-0.3, -0.25) is 19.4 Å². The first-order valence-electron chi connectivity index (χ1n) is 9.08. The first kappa shape index (κ1) is 19.2. The van der Waals surface area contributed by atoms with Gasteiger partial charge in [0.2, 0.25) is 5.91 Å². The molecule has 2 heterocycles. The van der Waals surface area contributed by atoms with Crippen molar-refractivity contribution in [3.05, 3.63) is 60.2 Å². The molecule has 1 saturated heterocycles. The number of fused-ring (bicyclic) bond motifs is 1. The summed E-state index contributed by atoms with van der Waals surface area (Å²) in [5.41, 5.74) is 0.895. The van der Waals surface area contributed by atoms with E-state index in [0.29, 0.717) is 5.69 Å². The van der Waals surface area contributed by atoms with E-state index in [0.717, 1.165) is 4.90 Å². The Hall–Kier alpha value is -4.08. The van der Waals surface area contributed by atoms with Gasteiger partial charge in [0, 0.05) is 0 Å². The van der Waals surface area contributed by atoms with Crippen LogP contribution in [0.1, 0.15) is 10.4 Å². The van der Waals surface area contributed by atoms with Gasteiger partial charge in [-0.1, -0.05) is 35.6 Å². The second-order valence-corrected chi connectivity index (χ2v) is 6.62. The number of amides is 3. The van der Waals surface area contributed by atoms with E-state index < -0.39 is 35.8 Å². The largest absolute Gasteiger partial charge is 0.465 e. The topological polar surface area (TPSA) is 121 Å². The molecule has 2 aromatic carbocycles. The molecular weight excluding hydrogens is 390 g/mol. The number of para-hydroxylation sites is 2. The Kier molecular flexibility index (Phi) is 4.97. The van der Waals surface area contributed by atoms with Crippen molar-refractivity contribution >= 4 is 35.1 Å². The van der Waals surface area contributed by atoms with E-state index in [1.54, 1.807) is 48.5 Å². The zero-order valence-corrected chi connectivity index (χ0v) is 15.9. The molecular formula is C20H17N5O5. The van der Waals surface area contributed by atoms with Crippen LogP contribution < -0.4 is 10.2 Å². The van der Waals surface area contributed by atoms with Gasteiger partial charge in [-0.15, -0.1) is 0 Å². The summed E-state index contributed by atoms with van der Waals surface area (Å²) in [7, 11) is 1.24. The molecule has 2 aliphatic heterocycles. The molecule has 2 aliphatic rings. The van der Waals surface area contributed by atoms with Gasteiger partial charge in [0.1, 0.15) is 6.54 Å². The molecule has 2 aromatic rings. The van der Waals surface area contributed by atoms with Crippen LogP contribution in [-0.4, -0.2) is 54.4 Å². The number of methoxy groups -OCH3 is 1. The lowest BCUT2D eigenvalue weighted by Crippen LogP contribution is -2.43. The van der Waals surface area contributed by atoms with Crippen molar-refractivity contribution in [2.45, 2.75) is 12.1 Å². The Bertz CT molecular complexity index is 1050. The summed E-state index contributed by atoms with van der Waals surface area (Å²) in [6, 6.07) is 12.9. The maximum Gasteiger partial charge on any atom is 0.339 e. The molecule has 152 valence electrons. The second kappa shape index (κ2) is 7.74. The number of nitrogens with zero attached hydrogens (tertiary/aromatic N) is 4. The van der Waals surface area contributed by atoms with E-state index in [9.17, 15) is 19.2 Å². The van der Waals surface area contributed by atoms with Crippen molar-refractivity contribution in [1.82, 2.24) is 5.01 Å². The minimum absolute atomic E-state index is 0.191. The first-order chi connectivity index (χ1) is 14.5. The van der Waals surface area contributed by atoms with E-state index in [1.807, 2.05) is 0 Å². The van der Waals surface area contributed by atoms with E-state index in [1.165, 1.54) is 18.2 Å². The Labute approximate surface area is 171 Å². The molecule has 10 nitrogen and oxygen atoms in total. The lowest BCUT2D eigenvalue weighted by molar-refractivity contribution is -0.123. The number of carbonyl (C=O) groups excluding carboxylic acids is 4. The fraction of sp³-hybridized carbons (Fsp3) is 0.200. The van der Waals surface area contributed by atoms with Crippen molar-refractivity contribution in [1.29, 1.82) is 0 Å². The minimum Gasteiger partial charge on any atom is -0.465 e. The van der Waals surface area contributed by atoms with Crippen molar-refractivity contribution < 1.29 is 23.9 Å². The summed E-state index contributed by atoms with van der Waals surface area (Å²) in [4.78, 5) is 51.0. The quantitative estimate of drug-likeness (QED) is 0.591. The van der Waals surface area contributed by atoms with Gasteiger partial charge in [0.05, 0.1) is 24.0 Å². The number of esters is 1. The van der Waals surface area contributed by atoms with Crippen LogP contribution >= 0.6 is 0 Å². The maximum absolute atomic E-state index is 12.9. The molecule has 0 spiro atoms. The van der Waals surface area contributed by atoms with Crippen LogP contribution in [0, 0.1) is 0 Å². The molecule has 3 amide bonds. The molecule has 30 heavy (non-hydrogen) atoms. The average molecular weight is 407 g/mol. The zero-order chi connectivity index (χ0) is 21.3. The molecule has 10 heteroatoms. The van der Waals surface area contributed by atoms with Crippen LogP contribution in [0.25, 0.3) is 0 Å². The van der Waals surface area contributed by atoms with E-state index >= 15 is 0 Å². The third-order valence-electron chi connectivity index (χ3n) is 4.78. The minimum atomic E-state index is -0.993. The molecule has 1 N–H and O–H groups in total. The highest BCUT2D eigenvalue weighted by atomic mass is 16.5. The first-order valence-corrected chi connectivity index (χ1v) is 9.08. The van der Waals surface area contributed by atoms with Gasteiger partial charge in [0.15, 0.2) is 12.1 Å². The Balaban J connectivity index is 1.49. The fourth-order valence-corrected chi connectivity index (χ4v) is 3.40. The fourth-order valence-electron chi connectivity index (χ4n) is 3.40. The summed E-state index contributed by atoms with van der Waals surface area (Å²) >= 11 is 0. The highest BCUT2D eigenvalue weighted by Crippen LogP contribution is 2.31. The third-order valence-corrected chi connectivity index (χ3v) is 4.78. The summed E-state index contributed by atoms with van der Waals surface area (Å²) in [6.45, 7) is -0.318. The van der Waals surface area contributed by atoms with Gasteiger partial charge in [-0.2, -0.15) is 5.11 Å². The predicted octanol–water partition coefficient (Wildman–Crippen LogP) is 1.41. The maximum atomic E-state index is 12.9. The number of imide groups is 1. The van der Waals surface area contributed by atoms with Crippen LogP contribution in [0.5, 0.6) is 0 Å². The van der Waals surface area contributed by atoms with Gasteiger partial charge < -0.3 is 10.1 Å². The Morgan fingerprint density at radius 1 is 1.03 bits per heavy atom. The van der Waals surface area contributed by atoms with Crippen LogP contribution in [0.4, 0.5) is 11.4 Å². The van der Waals surface area contributed by atoms with Crippen LogP contribution in [-0.2, 0) is 19.1 Å². The van der Waals surface area contributed by atoms with Crippen LogP contribution in [0.2, 0.25) is 0 Å². The number of nitrogens with one attached hydrogen (secondary N) is 1. The number of hydrogen-bond acceptors (Lipinski definition) is 8. The lowest BCUT2D eigenvalue weighted by Gasteiger charge is -2.20. The number of anilines is 2. The average Bonchev–Trinajstić information content (AvgIpc) is 3.28. The summed E-state index contributed by atoms with van der Waals surface area (Å²) in [5.74, 6) is -2.10. The summed E-state index contributed by atoms with van der Waals surface area (Å²) in [6.07, 6.45) is 0. The number of carbonyl (C=O) groups is 4. The van der Waals surface area contributed by atoms with E-state index in [2.05, 4.69) is 15.7 Å². The predicted molar refractivity (Wildman–Crippen MR) is 104 cm³/mol. The monoisotopic (exact) mass is 407 g/mol.